The molecule has 2 heterocycles. The lowest BCUT2D eigenvalue weighted by molar-refractivity contribution is 0.0691. The van der Waals surface area contributed by atoms with Gasteiger partial charge in [-0.25, -0.2) is 9.78 Å². The van der Waals surface area contributed by atoms with Gasteiger partial charge in [0.05, 0.1) is 5.01 Å². The molecule has 4 nitrogen and oxygen atoms in total. The average molecular weight is 330 g/mol. The van der Waals surface area contributed by atoms with Crippen LogP contribution in [-0.2, 0) is 6.54 Å². The molecule has 1 aliphatic heterocycles. The molecule has 0 saturated carbocycles. The van der Waals surface area contributed by atoms with Gasteiger partial charge in [-0.2, -0.15) is 0 Å². The van der Waals surface area contributed by atoms with E-state index in [1.165, 1.54) is 28.0 Å². The molecule has 0 atom stereocenters. The highest BCUT2D eigenvalue weighted by molar-refractivity contribution is 7.09. The Morgan fingerprint density at radius 1 is 1.30 bits per heavy atom. The highest BCUT2D eigenvalue weighted by Crippen LogP contribution is 2.31. The first kappa shape index (κ1) is 16.1. The lowest BCUT2D eigenvalue weighted by atomic mass is 9.97. The Labute approximate surface area is 140 Å². The number of hydrogen-bond donors (Lipinski definition) is 1. The van der Waals surface area contributed by atoms with E-state index < -0.39 is 5.97 Å². The van der Waals surface area contributed by atoms with Gasteiger partial charge in [0.1, 0.15) is 0 Å². The molecule has 1 saturated heterocycles. The number of aryl methyl sites for hydroxylation is 2. The molecule has 0 unspecified atom stereocenters. The number of thiazole rings is 1. The molecule has 1 aromatic heterocycles. The van der Waals surface area contributed by atoms with Crippen molar-refractivity contribution < 1.29 is 9.90 Å². The van der Waals surface area contributed by atoms with E-state index in [0.717, 1.165) is 37.5 Å². The summed E-state index contributed by atoms with van der Waals surface area (Å²) in [6.45, 7) is 7.38. The number of likely N-dealkylation sites (tertiary alicyclic amines) is 1. The molecule has 0 aliphatic carbocycles. The second-order valence-electron chi connectivity index (χ2n) is 6.35. The van der Waals surface area contributed by atoms with E-state index in [0.29, 0.717) is 5.92 Å². The van der Waals surface area contributed by atoms with Crippen LogP contribution in [0.2, 0.25) is 0 Å². The van der Waals surface area contributed by atoms with Gasteiger partial charge in [-0.1, -0.05) is 18.2 Å². The second-order valence-corrected chi connectivity index (χ2v) is 7.23. The molecule has 2 aromatic rings. The SMILES string of the molecule is Cc1ccc(CN2CCC(c3nc(C(=O)O)cs3)CC2)cc1C. The number of rotatable bonds is 4. The van der Waals surface area contributed by atoms with Gasteiger partial charge in [0.25, 0.3) is 0 Å². The van der Waals surface area contributed by atoms with Gasteiger partial charge in [-0.15, -0.1) is 11.3 Å². The van der Waals surface area contributed by atoms with Crippen LogP contribution in [0.15, 0.2) is 23.6 Å². The van der Waals surface area contributed by atoms with Crippen molar-refractivity contribution in [3.05, 3.63) is 51.0 Å². The maximum absolute atomic E-state index is 10.9. The molecule has 0 bridgehead atoms. The minimum Gasteiger partial charge on any atom is -0.476 e. The highest BCUT2D eigenvalue weighted by atomic mass is 32.1. The van der Waals surface area contributed by atoms with Crippen LogP contribution in [-0.4, -0.2) is 34.0 Å². The van der Waals surface area contributed by atoms with Crippen molar-refractivity contribution in [1.82, 2.24) is 9.88 Å². The van der Waals surface area contributed by atoms with Gasteiger partial charge in [0.2, 0.25) is 0 Å². The van der Waals surface area contributed by atoms with E-state index in [-0.39, 0.29) is 5.69 Å². The Bertz CT molecular complexity index is 703. The summed E-state index contributed by atoms with van der Waals surface area (Å²) in [4.78, 5) is 17.7. The first-order valence-electron chi connectivity index (χ1n) is 8.00. The zero-order chi connectivity index (χ0) is 16.4. The maximum Gasteiger partial charge on any atom is 0.355 e. The van der Waals surface area contributed by atoms with E-state index in [1.807, 2.05) is 0 Å². The molecule has 0 amide bonds. The molecule has 1 aromatic carbocycles. The minimum atomic E-state index is -0.931. The fourth-order valence-corrected chi connectivity index (χ4v) is 4.04. The van der Waals surface area contributed by atoms with Gasteiger partial charge >= 0.3 is 5.97 Å². The third-order valence-corrected chi connectivity index (χ3v) is 5.66. The quantitative estimate of drug-likeness (QED) is 0.925. The summed E-state index contributed by atoms with van der Waals surface area (Å²) in [7, 11) is 0. The van der Waals surface area contributed by atoms with Crippen molar-refractivity contribution in [2.24, 2.45) is 0 Å². The van der Waals surface area contributed by atoms with Gasteiger partial charge in [-0.05, 0) is 56.5 Å². The Morgan fingerprint density at radius 2 is 2.04 bits per heavy atom. The summed E-state index contributed by atoms with van der Waals surface area (Å²) in [5, 5.41) is 11.6. The molecule has 23 heavy (non-hydrogen) atoms. The van der Waals surface area contributed by atoms with Crippen molar-refractivity contribution in [3.63, 3.8) is 0 Å². The molecule has 1 N–H and O–H groups in total. The summed E-state index contributed by atoms with van der Waals surface area (Å²) in [5.74, 6) is -0.524. The zero-order valence-electron chi connectivity index (χ0n) is 13.6. The number of aromatic carboxylic acids is 1. The standard InChI is InChI=1S/C18H22N2O2S/c1-12-3-4-14(9-13(12)2)10-20-7-5-15(6-8-20)17-19-16(11-23-17)18(21)22/h3-4,9,11,15H,5-8,10H2,1-2H3,(H,21,22). The topological polar surface area (TPSA) is 53.4 Å². The van der Waals surface area contributed by atoms with Crippen molar-refractivity contribution in [3.8, 4) is 0 Å². The van der Waals surface area contributed by atoms with Crippen LogP contribution >= 0.6 is 11.3 Å². The predicted octanol–water partition coefficient (Wildman–Crippen LogP) is 3.84. The third-order valence-electron chi connectivity index (χ3n) is 4.66. The summed E-state index contributed by atoms with van der Waals surface area (Å²) in [6.07, 6.45) is 2.11. The number of nitrogens with zero attached hydrogens (tertiary/aromatic N) is 2. The van der Waals surface area contributed by atoms with E-state index >= 15 is 0 Å². The summed E-state index contributed by atoms with van der Waals surface area (Å²) in [5.41, 5.74) is 4.24. The van der Waals surface area contributed by atoms with Crippen molar-refractivity contribution in [1.29, 1.82) is 0 Å². The van der Waals surface area contributed by atoms with Crippen LogP contribution in [0.3, 0.4) is 0 Å². The fourth-order valence-electron chi connectivity index (χ4n) is 3.07. The second kappa shape index (κ2) is 6.81. The lowest BCUT2D eigenvalue weighted by Crippen LogP contribution is -2.32. The Balaban J connectivity index is 1.57. The number of hydrogen-bond acceptors (Lipinski definition) is 4. The molecule has 1 aliphatic rings. The van der Waals surface area contributed by atoms with Gasteiger partial charge in [0.15, 0.2) is 5.69 Å². The molecule has 122 valence electrons. The van der Waals surface area contributed by atoms with Gasteiger partial charge in [0, 0.05) is 17.8 Å². The van der Waals surface area contributed by atoms with E-state index in [1.54, 1.807) is 5.38 Å². The van der Waals surface area contributed by atoms with E-state index in [9.17, 15) is 4.79 Å². The fraction of sp³-hybridized carbons (Fsp3) is 0.444. The predicted molar refractivity (Wildman–Crippen MR) is 92.2 cm³/mol. The van der Waals surface area contributed by atoms with Crippen LogP contribution in [0.5, 0.6) is 0 Å². The zero-order valence-corrected chi connectivity index (χ0v) is 14.4. The number of carboxylic acids is 1. The van der Waals surface area contributed by atoms with Gasteiger partial charge < -0.3 is 5.11 Å². The average Bonchev–Trinajstić information content (AvgIpc) is 3.02. The molecule has 3 rings (SSSR count). The van der Waals surface area contributed by atoms with Crippen LogP contribution in [0.1, 0.15) is 50.9 Å². The maximum atomic E-state index is 10.9. The normalized spacial score (nSPS) is 16.6. The third kappa shape index (κ3) is 3.79. The first-order valence-corrected chi connectivity index (χ1v) is 8.88. The monoisotopic (exact) mass is 330 g/mol. The van der Waals surface area contributed by atoms with Gasteiger partial charge in [-0.3, -0.25) is 4.90 Å². The van der Waals surface area contributed by atoms with E-state index in [4.69, 9.17) is 5.11 Å². The number of carbonyl (C=O) groups is 1. The molecule has 5 heteroatoms. The molecule has 0 radical (unpaired) electrons. The van der Waals surface area contributed by atoms with Crippen LogP contribution < -0.4 is 0 Å². The van der Waals surface area contributed by atoms with Crippen LogP contribution in [0.4, 0.5) is 0 Å². The number of carboxylic acid groups (broad SMARTS) is 1. The Morgan fingerprint density at radius 3 is 2.65 bits per heavy atom. The van der Waals surface area contributed by atoms with Crippen LogP contribution in [0, 0.1) is 13.8 Å². The summed E-state index contributed by atoms with van der Waals surface area (Å²) >= 11 is 1.48. The lowest BCUT2D eigenvalue weighted by Gasteiger charge is -2.31. The smallest absolute Gasteiger partial charge is 0.355 e. The number of aromatic nitrogens is 1. The van der Waals surface area contributed by atoms with Crippen molar-refractivity contribution in [2.45, 2.75) is 39.2 Å². The minimum absolute atomic E-state index is 0.183. The van der Waals surface area contributed by atoms with Crippen molar-refractivity contribution in [2.75, 3.05) is 13.1 Å². The molecule has 1 fully saturated rings. The molecular formula is C18H22N2O2S. The largest absolute Gasteiger partial charge is 0.476 e. The Hall–Kier alpha value is -1.72. The summed E-state index contributed by atoms with van der Waals surface area (Å²) < 4.78 is 0. The Kier molecular flexibility index (Phi) is 4.78. The number of piperidine rings is 1. The van der Waals surface area contributed by atoms with E-state index in [2.05, 4.69) is 41.9 Å². The number of benzene rings is 1. The molecular weight excluding hydrogens is 308 g/mol. The van der Waals surface area contributed by atoms with Crippen molar-refractivity contribution >= 4 is 17.3 Å². The first-order chi connectivity index (χ1) is 11.0. The summed E-state index contributed by atoms with van der Waals surface area (Å²) in [6, 6.07) is 6.69. The highest BCUT2D eigenvalue weighted by Gasteiger charge is 2.23. The molecule has 0 spiro atoms. The van der Waals surface area contributed by atoms with Crippen LogP contribution in [0.25, 0.3) is 0 Å².